The number of halogens is 1. The highest BCUT2D eigenvalue weighted by Crippen LogP contribution is 2.44. The fourth-order valence-electron chi connectivity index (χ4n) is 4.97. The zero-order valence-corrected chi connectivity index (χ0v) is 22.9. The average molecular weight is 524 g/mol. The number of aliphatic carboxylic acids is 1. The van der Waals surface area contributed by atoms with Crippen LogP contribution < -0.4 is 5.32 Å². The van der Waals surface area contributed by atoms with Crippen LogP contribution in [0.4, 0.5) is 0 Å². The smallest absolute Gasteiger partial charge is 0.309 e. The van der Waals surface area contributed by atoms with E-state index in [0.717, 1.165) is 31.2 Å². The van der Waals surface area contributed by atoms with Gasteiger partial charge < -0.3 is 19.9 Å². The zero-order valence-electron chi connectivity index (χ0n) is 22.1. The molecule has 0 aliphatic heterocycles. The molecule has 36 heavy (non-hydrogen) atoms. The summed E-state index contributed by atoms with van der Waals surface area (Å²) in [5.74, 6) is -1.87. The minimum Gasteiger partial charge on any atom is -0.481 e. The first kappa shape index (κ1) is 30.1. The molecule has 2 N–H and O–H groups in total. The molecule has 0 unspecified atom stereocenters. The number of nitrogens with one attached hydrogen (secondary N) is 1. The van der Waals surface area contributed by atoms with Gasteiger partial charge in [0, 0.05) is 24.8 Å². The van der Waals surface area contributed by atoms with Crippen LogP contribution in [-0.4, -0.2) is 48.3 Å². The third-order valence-corrected chi connectivity index (χ3v) is 7.03. The molecule has 1 aliphatic rings. The molecule has 7 nitrogen and oxygen atoms in total. The minimum absolute atomic E-state index is 0.137. The highest BCUT2D eigenvalue weighted by molar-refractivity contribution is 6.30. The molecule has 8 heteroatoms. The standard InChI is InChI=1S/C28H42ClNO6/c1-27(2,3)36-25(33)21(14-17-35-4)19-28(15-5-6-16-28)26(34)30-23(18-24(31)32)9-7-8-20-10-12-22(29)13-11-20/h10-13,21,23H,5-9,14-19H2,1-4H3,(H,30,34)(H,31,32)/t21-,23+/m1/s1. The lowest BCUT2D eigenvalue weighted by Gasteiger charge is -2.34. The summed E-state index contributed by atoms with van der Waals surface area (Å²) in [5, 5.41) is 13.2. The topological polar surface area (TPSA) is 102 Å². The van der Waals surface area contributed by atoms with Crippen molar-refractivity contribution in [2.75, 3.05) is 13.7 Å². The number of ether oxygens (including phenoxy) is 2. The number of aryl methyl sites for hydroxylation is 1. The second kappa shape index (κ2) is 14.0. The Hall–Kier alpha value is -2.12. The molecule has 0 spiro atoms. The predicted molar refractivity (Wildman–Crippen MR) is 140 cm³/mol. The number of carbonyl (C=O) groups excluding carboxylic acids is 2. The predicted octanol–water partition coefficient (Wildman–Crippen LogP) is 5.57. The van der Waals surface area contributed by atoms with Crippen molar-refractivity contribution in [2.24, 2.45) is 11.3 Å². The molecule has 0 aromatic heterocycles. The van der Waals surface area contributed by atoms with Gasteiger partial charge in [0.1, 0.15) is 5.60 Å². The molecule has 1 fully saturated rings. The number of benzene rings is 1. The Morgan fingerprint density at radius 1 is 1.11 bits per heavy atom. The fraction of sp³-hybridized carbons (Fsp3) is 0.679. The van der Waals surface area contributed by atoms with Crippen LogP contribution in [0.15, 0.2) is 24.3 Å². The summed E-state index contributed by atoms with van der Waals surface area (Å²) >= 11 is 5.95. The molecule has 1 saturated carbocycles. The number of methoxy groups -OCH3 is 1. The van der Waals surface area contributed by atoms with Gasteiger partial charge in [-0.1, -0.05) is 36.6 Å². The number of carbonyl (C=O) groups is 3. The minimum atomic E-state index is -0.945. The number of carboxylic acid groups (broad SMARTS) is 1. The first-order valence-corrected chi connectivity index (χ1v) is 13.3. The molecule has 1 aliphatic carbocycles. The van der Waals surface area contributed by atoms with Crippen molar-refractivity contribution >= 4 is 29.4 Å². The van der Waals surface area contributed by atoms with E-state index in [9.17, 15) is 19.5 Å². The van der Waals surface area contributed by atoms with Crippen LogP contribution in [0.5, 0.6) is 0 Å². The second-order valence-corrected chi connectivity index (χ2v) is 11.4. The molecular formula is C28H42ClNO6. The SMILES string of the molecule is COCC[C@H](CC1(C(=O)N[C@@H](CCCc2ccc(Cl)cc2)CC(=O)O)CCCC1)C(=O)OC(C)(C)C. The van der Waals surface area contributed by atoms with Gasteiger partial charge in [0.15, 0.2) is 0 Å². The Morgan fingerprint density at radius 2 is 1.75 bits per heavy atom. The van der Waals surface area contributed by atoms with E-state index in [-0.39, 0.29) is 18.3 Å². The molecule has 2 rings (SSSR count). The van der Waals surface area contributed by atoms with Crippen molar-refractivity contribution in [1.82, 2.24) is 5.32 Å². The maximum absolute atomic E-state index is 13.6. The fourth-order valence-corrected chi connectivity index (χ4v) is 5.10. The summed E-state index contributed by atoms with van der Waals surface area (Å²) < 4.78 is 10.9. The summed E-state index contributed by atoms with van der Waals surface area (Å²) in [7, 11) is 1.59. The van der Waals surface area contributed by atoms with Gasteiger partial charge in [-0.2, -0.15) is 0 Å². The molecule has 0 radical (unpaired) electrons. The molecule has 1 aromatic rings. The maximum atomic E-state index is 13.6. The monoisotopic (exact) mass is 523 g/mol. The number of rotatable bonds is 14. The quantitative estimate of drug-likeness (QED) is 0.309. The van der Waals surface area contributed by atoms with Crippen LogP contribution in [0.3, 0.4) is 0 Å². The van der Waals surface area contributed by atoms with E-state index in [2.05, 4.69) is 5.32 Å². The molecule has 1 amide bonds. The highest BCUT2D eigenvalue weighted by atomic mass is 35.5. The van der Waals surface area contributed by atoms with Crippen LogP contribution in [0, 0.1) is 11.3 Å². The first-order chi connectivity index (χ1) is 16.9. The van der Waals surface area contributed by atoms with Crippen LogP contribution in [0.25, 0.3) is 0 Å². The van der Waals surface area contributed by atoms with Crippen molar-refractivity contribution in [3.8, 4) is 0 Å². The Balaban J connectivity index is 2.10. The Kier molecular flexibility index (Phi) is 11.7. The summed E-state index contributed by atoms with van der Waals surface area (Å²) in [6.45, 7) is 5.89. The van der Waals surface area contributed by atoms with Gasteiger partial charge in [0.2, 0.25) is 5.91 Å². The van der Waals surface area contributed by atoms with Gasteiger partial charge in [0.05, 0.1) is 17.8 Å². The van der Waals surface area contributed by atoms with Crippen molar-refractivity contribution in [1.29, 1.82) is 0 Å². The third-order valence-electron chi connectivity index (χ3n) is 6.78. The maximum Gasteiger partial charge on any atom is 0.309 e. The number of esters is 1. The van der Waals surface area contributed by atoms with E-state index >= 15 is 0 Å². The lowest BCUT2D eigenvalue weighted by Crippen LogP contribution is -2.47. The normalized spacial score (nSPS) is 16.8. The van der Waals surface area contributed by atoms with Gasteiger partial charge in [0.25, 0.3) is 0 Å². The molecule has 0 saturated heterocycles. The van der Waals surface area contributed by atoms with E-state index < -0.39 is 28.9 Å². The van der Waals surface area contributed by atoms with Crippen molar-refractivity contribution < 1.29 is 29.0 Å². The first-order valence-electron chi connectivity index (χ1n) is 12.9. The van der Waals surface area contributed by atoms with Gasteiger partial charge in [-0.3, -0.25) is 14.4 Å². The second-order valence-electron chi connectivity index (χ2n) is 11.0. The van der Waals surface area contributed by atoms with Gasteiger partial charge in [-0.15, -0.1) is 0 Å². The van der Waals surface area contributed by atoms with Crippen molar-refractivity contribution in [3.05, 3.63) is 34.9 Å². The molecule has 2 atom stereocenters. The summed E-state index contributed by atoms with van der Waals surface area (Å²) in [4.78, 5) is 38.2. The van der Waals surface area contributed by atoms with Crippen molar-refractivity contribution in [2.45, 2.75) is 96.6 Å². The summed E-state index contributed by atoms with van der Waals surface area (Å²) in [6.07, 6.45) is 5.93. The Morgan fingerprint density at radius 3 is 2.31 bits per heavy atom. The Labute approximate surface area is 220 Å². The molecular weight excluding hydrogens is 482 g/mol. The van der Waals surface area contributed by atoms with E-state index in [1.807, 2.05) is 45.0 Å². The highest BCUT2D eigenvalue weighted by Gasteiger charge is 2.45. The van der Waals surface area contributed by atoms with Crippen LogP contribution in [-0.2, 0) is 30.3 Å². The average Bonchev–Trinajstić information content (AvgIpc) is 3.26. The third kappa shape index (κ3) is 10.1. The van der Waals surface area contributed by atoms with Gasteiger partial charge in [-0.05, 0) is 83.4 Å². The van der Waals surface area contributed by atoms with E-state index in [0.29, 0.717) is 43.7 Å². The lowest BCUT2D eigenvalue weighted by molar-refractivity contribution is -0.162. The van der Waals surface area contributed by atoms with E-state index in [4.69, 9.17) is 21.1 Å². The number of carboxylic acids is 1. The number of amides is 1. The van der Waals surface area contributed by atoms with E-state index in [1.165, 1.54) is 0 Å². The lowest BCUT2D eigenvalue weighted by atomic mass is 9.75. The molecule has 202 valence electrons. The van der Waals surface area contributed by atoms with Crippen LogP contribution in [0.2, 0.25) is 5.02 Å². The summed E-state index contributed by atoms with van der Waals surface area (Å²) in [5.41, 5.74) is -0.211. The number of hydrogen-bond acceptors (Lipinski definition) is 5. The Bertz CT molecular complexity index is 858. The number of hydrogen-bond donors (Lipinski definition) is 2. The molecule has 1 aromatic carbocycles. The van der Waals surface area contributed by atoms with E-state index in [1.54, 1.807) is 7.11 Å². The van der Waals surface area contributed by atoms with Crippen LogP contribution >= 0.6 is 11.6 Å². The van der Waals surface area contributed by atoms with Gasteiger partial charge >= 0.3 is 11.9 Å². The zero-order chi connectivity index (χ0) is 26.8. The molecule has 0 bridgehead atoms. The van der Waals surface area contributed by atoms with Crippen molar-refractivity contribution in [3.63, 3.8) is 0 Å². The van der Waals surface area contributed by atoms with Gasteiger partial charge in [-0.25, -0.2) is 0 Å². The summed E-state index contributed by atoms with van der Waals surface area (Å²) in [6, 6.07) is 7.11. The largest absolute Gasteiger partial charge is 0.481 e. The van der Waals surface area contributed by atoms with Crippen LogP contribution in [0.1, 0.15) is 84.1 Å². The molecule has 0 heterocycles.